The minimum absolute atomic E-state index is 0.224. The molecule has 0 bridgehead atoms. The van der Waals surface area contributed by atoms with Crippen molar-refractivity contribution in [3.63, 3.8) is 0 Å². The molecule has 0 saturated heterocycles. The highest BCUT2D eigenvalue weighted by atomic mass is 19.4. The van der Waals surface area contributed by atoms with Crippen LogP contribution in [0.1, 0.15) is 29.8 Å². The van der Waals surface area contributed by atoms with E-state index in [0.717, 1.165) is 6.07 Å². The Labute approximate surface area is 120 Å². The van der Waals surface area contributed by atoms with Gasteiger partial charge < -0.3 is 10.2 Å². The molecule has 0 aliphatic heterocycles. The van der Waals surface area contributed by atoms with Crippen molar-refractivity contribution in [1.82, 2.24) is 10.2 Å². The number of halogens is 4. The third kappa shape index (κ3) is 4.42. The molecule has 0 atom stereocenters. The number of hydrogen-bond acceptors (Lipinski definition) is 2. The first kappa shape index (κ1) is 17.4. The van der Waals surface area contributed by atoms with Gasteiger partial charge in [-0.25, -0.2) is 4.39 Å². The maximum atomic E-state index is 13.2. The van der Waals surface area contributed by atoms with E-state index in [1.165, 1.54) is 0 Å². The Hall–Kier alpha value is -1.63. The first-order valence-electron chi connectivity index (χ1n) is 6.27. The topological polar surface area (TPSA) is 32.3 Å². The number of amides is 1. The first-order chi connectivity index (χ1) is 9.45. The van der Waals surface area contributed by atoms with Crippen LogP contribution in [0.15, 0.2) is 18.2 Å². The number of carbonyl (C=O) groups excluding carboxylic acids is 1. The van der Waals surface area contributed by atoms with Gasteiger partial charge in [-0.2, -0.15) is 13.2 Å². The van der Waals surface area contributed by atoms with Gasteiger partial charge in [0, 0.05) is 17.6 Å². The molecule has 0 saturated carbocycles. The van der Waals surface area contributed by atoms with E-state index in [-0.39, 0.29) is 17.6 Å². The predicted octanol–water partition coefficient (Wildman–Crippen LogP) is 2.91. The van der Waals surface area contributed by atoms with E-state index >= 15 is 0 Å². The Morgan fingerprint density at radius 2 is 1.81 bits per heavy atom. The highest BCUT2D eigenvalue weighted by Gasteiger charge is 2.34. The lowest BCUT2D eigenvalue weighted by molar-refractivity contribution is -0.140. The number of carbonyl (C=O) groups is 1. The van der Waals surface area contributed by atoms with E-state index in [4.69, 9.17) is 0 Å². The zero-order valence-electron chi connectivity index (χ0n) is 12.3. The average molecular weight is 306 g/mol. The number of alkyl halides is 3. The molecule has 3 nitrogen and oxygen atoms in total. The number of nitrogens with zero attached hydrogens (tertiary/aromatic N) is 1. The Kier molecular flexibility index (Phi) is 4.99. The molecule has 1 N–H and O–H groups in total. The van der Waals surface area contributed by atoms with E-state index in [9.17, 15) is 22.4 Å². The van der Waals surface area contributed by atoms with Gasteiger partial charge in [0.05, 0.1) is 5.56 Å². The molecule has 118 valence electrons. The smallest absolute Gasteiger partial charge is 0.350 e. The van der Waals surface area contributed by atoms with Gasteiger partial charge >= 0.3 is 6.18 Å². The van der Waals surface area contributed by atoms with E-state index in [1.807, 2.05) is 32.8 Å². The second kappa shape index (κ2) is 6.01. The fraction of sp³-hybridized carbons (Fsp3) is 0.500. The Balaban J connectivity index is 2.90. The van der Waals surface area contributed by atoms with Gasteiger partial charge in [0.2, 0.25) is 0 Å². The number of likely N-dealkylation sites (N-methyl/N-ethyl adjacent to an activating group) is 1. The standard InChI is InChI=1S/C14H18F4N2O/c1-13(2,20(3)4)8-19-12(21)9-5-6-11(15)10(7-9)14(16,17)18/h5-7H,8H2,1-4H3,(H,19,21). The summed E-state index contributed by atoms with van der Waals surface area (Å²) in [6.45, 7) is 4.00. The van der Waals surface area contributed by atoms with Crippen LogP contribution in [0.3, 0.4) is 0 Å². The largest absolute Gasteiger partial charge is 0.419 e. The monoisotopic (exact) mass is 306 g/mol. The van der Waals surface area contributed by atoms with E-state index in [0.29, 0.717) is 12.1 Å². The van der Waals surface area contributed by atoms with Crippen LogP contribution in [0, 0.1) is 5.82 Å². The number of benzene rings is 1. The van der Waals surface area contributed by atoms with Crippen molar-refractivity contribution < 1.29 is 22.4 Å². The SMILES string of the molecule is CN(C)C(C)(C)CNC(=O)c1ccc(F)c(C(F)(F)F)c1. The summed E-state index contributed by atoms with van der Waals surface area (Å²) in [4.78, 5) is 13.8. The van der Waals surface area contributed by atoms with E-state index < -0.39 is 23.5 Å². The van der Waals surface area contributed by atoms with E-state index in [2.05, 4.69) is 5.32 Å². The summed E-state index contributed by atoms with van der Waals surface area (Å²) in [6, 6.07) is 2.20. The van der Waals surface area contributed by atoms with Crippen molar-refractivity contribution in [3.8, 4) is 0 Å². The lowest BCUT2D eigenvalue weighted by atomic mass is 10.0. The molecule has 0 aliphatic rings. The summed E-state index contributed by atoms with van der Waals surface area (Å²) >= 11 is 0. The van der Waals surface area contributed by atoms with Crippen LogP contribution in [-0.2, 0) is 6.18 Å². The molecule has 0 radical (unpaired) electrons. The quantitative estimate of drug-likeness (QED) is 0.868. The molecule has 0 spiro atoms. The van der Waals surface area contributed by atoms with Gasteiger partial charge in [0.15, 0.2) is 0 Å². The van der Waals surface area contributed by atoms with Crippen LogP contribution in [0.5, 0.6) is 0 Å². The highest BCUT2D eigenvalue weighted by Crippen LogP contribution is 2.31. The van der Waals surface area contributed by atoms with Crippen molar-refractivity contribution in [3.05, 3.63) is 35.1 Å². The third-order valence-electron chi connectivity index (χ3n) is 3.43. The highest BCUT2D eigenvalue weighted by molar-refractivity contribution is 5.94. The normalized spacial score (nSPS) is 12.6. The molecule has 1 aromatic rings. The molecular formula is C14H18F4N2O. The molecule has 21 heavy (non-hydrogen) atoms. The van der Waals surface area contributed by atoms with Gasteiger partial charge in [-0.15, -0.1) is 0 Å². The lowest BCUT2D eigenvalue weighted by Crippen LogP contribution is -2.48. The first-order valence-corrected chi connectivity index (χ1v) is 6.27. The van der Waals surface area contributed by atoms with Crippen molar-refractivity contribution in [2.45, 2.75) is 25.6 Å². The van der Waals surface area contributed by atoms with Gasteiger partial charge in [-0.3, -0.25) is 4.79 Å². The van der Waals surface area contributed by atoms with Gasteiger partial charge in [-0.1, -0.05) is 0 Å². The molecule has 0 aromatic heterocycles. The summed E-state index contributed by atoms with van der Waals surface area (Å²) in [5.41, 5.74) is -2.02. The molecule has 1 aromatic carbocycles. The molecule has 0 fully saturated rings. The minimum atomic E-state index is -4.83. The average Bonchev–Trinajstić information content (AvgIpc) is 2.35. The zero-order valence-corrected chi connectivity index (χ0v) is 12.3. The summed E-state index contributed by atoms with van der Waals surface area (Å²) in [5, 5.41) is 2.55. The fourth-order valence-corrected chi connectivity index (χ4v) is 1.44. The van der Waals surface area contributed by atoms with Crippen LogP contribution in [0.2, 0.25) is 0 Å². The summed E-state index contributed by atoms with van der Waals surface area (Å²) in [7, 11) is 3.65. The van der Waals surface area contributed by atoms with Crippen LogP contribution in [-0.4, -0.2) is 37.0 Å². The molecule has 7 heteroatoms. The summed E-state index contributed by atoms with van der Waals surface area (Å²) in [5.74, 6) is -2.07. The van der Waals surface area contributed by atoms with Crippen molar-refractivity contribution in [2.24, 2.45) is 0 Å². The van der Waals surface area contributed by atoms with E-state index in [1.54, 1.807) is 0 Å². The number of rotatable bonds is 4. The maximum Gasteiger partial charge on any atom is 0.419 e. The Bertz CT molecular complexity index is 524. The summed E-state index contributed by atoms with van der Waals surface area (Å²) in [6.07, 6.45) is -4.83. The maximum absolute atomic E-state index is 13.2. The molecule has 0 unspecified atom stereocenters. The molecule has 0 aliphatic carbocycles. The lowest BCUT2D eigenvalue weighted by Gasteiger charge is -2.32. The summed E-state index contributed by atoms with van der Waals surface area (Å²) < 4.78 is 50.9. The van der Waals surface area contributed by atoms with Gasteiger partial charge in [-0.05, 0) is 46.1 Å². The molecular weight excluding hydrogens is 288 g/mol. The van der Waals surface area contributed by atoms with Crippen molar-refractivity contribution in [1.29, 1.82) is 0 Å². The second-order valence-electron chi connectivity index (χ2n) is 5.58. The minimum Gasteiger partial charge on any atom is -0.350 e. The van der Waals surface area contributed by atoms with Gasteiger partial charge in [0.1, 0.15) is 5.82 Å². The van der Waals surface area contributed by atoms with Crippen LogP contribution >= 0.6 is 0 Å². The molecule has 1 amide bonds. The third-order valence-corrected chi connectivity index (χ3v) is 3.43. The fourth-order valence-electron chi connectivity index (χ4n) is 1.44. The molecule has 0 heterocycles. The molecule has 1 rings (SSSR count). The van der Waals surface area contributed by atoms with Crippen molar-refractivity contribution >= 4 is 5.91 Å². The number of nitrogens with one attached hydrogen (secondary N) is 1. The van der Waals surface area contributed by atoms with Crippen LogP contribution in [0.4, 0.5) is 17.6 Å². The second-order valence-corrected chi connectivity index (χ2v) is 5.58. The Morgan fingerprint density at radius 3 is 2.29 bits per heavy atom. The van der Waals surface area contributed by atoms with Crippen molar-refractivity contribution in [2.75, 3.05) is 20.6 Å². The van der Waals surface area contributed by atoms with Crippen LogP contribution < -0.4 is 5.32 Å². The zero-order chi connectivity index (χ0) is 16.4. The predicted molar refractivity (Wildman–Crippen MR) is 71.5 cm³/mol. The Morgan fingerprint density at radius 1 is 1.24 bits per heavy atom. The van der Waals surface area contributed by atoms with Crippen LogP contribution in [0.25, 0.3) is 0 Å². The van der Waals surface area contributed by atoms with Gasteiger partial charge in [0.25, 0.3) is 5.91 Å². The number of hydrogen-bond donors (Lipinski definition) is 1.